The second kappa shape index (κ2) is 3.71. The third-order valence-corrected chi connectivity index (χ3v) is 0.708. The number of carboxylic acid groups (broad SMARTS) is 1. The normalized spacial score (nSPS) is 17.8. The Hall–Kier alpha value is -1.26. The van der Waals surface area contributed by atoms with Gasteiger partial charge >= 0.3 is 5.97 Å². The fourth-order valence-electron chi connectivity index (χ4n) is 0.413. The van der Waals surface area contributed by atoms with Crippen LogP contribution in [0.2, 0.25) is 0 Å². The number of rotatable bonds is 3. The van der Waals surface area contributed by atoms with Crippen molar-refractivity contribution in [2.75, 3.05) is 0 Å². The Kier molecular flexibility index (Phi) is 1.68. The summed E-state index contributed by atoms with van der Waals surface area (Å²) in [7, 11) is 0. The molecule has 0 aliphatic rings. The van der Waals surface area contributed by atoms with Crippen LogP contribution in [0.1, 0.15) is 17.4 Å². The van der Waals surface area contributed by atoms with Crippen LogP contribution < -0.4 is 11.1 Å². The summed E-state index contributed by atoms with van der Waals surface area (Å²) >= 11 is 0. The van der Waals surface area contributed by atoms with Crippen molar-refractivity contribution in [3.8, 4) is 0 Å². The Balaban J connectivity index is 4.37. The molecule has 10 heavy (non-hydrogen) atoms. The molecule has 0 bridgehead atoms. The van der Waals surface area contributed by atoms with Crippen LogP contribution in [0.15, 0.2) is 0 Å². The molecule has 5 N–H and O–H groups in total. The number of carboxylic acids is 1. The van der Waals surface area contributed by atoms with Gasteiger partial charge in [0.25, 0.3) is 0 Å². The highest BCUT2D eigenvalue weighted by molar-refractivity contribution is 5.75. The molecule has 0 aliphatic heterocycles. The zero-order chi connectivity index (χ0) is 10.6. The first-order chi connectivity index (χ1) is 5.73. The lowest BCUT2D eigenvalue weighted by molar-refractivity contribution is -0.137. The van der Waals surface area contributed by atoms with Crippen LogP contribution in [0, 0.1) is 5.41 Å². The monoisotopic (exact) mass is 148 g/mol. The molecule has 0 spiro atoms. The molecular weight excluding hydrogens is 134 g/mol. The van der Waals surface area contributed by atoms with E-state index in [1.807, 2.05) is 0 Å². The third-order valence-electron chi connectivity index (χ3n) is 0.708. The molecule has 0 aliphatic carbocycles. The molecule has 5 nitrogen and oxygen atoms in total. The second-order valence-corrected chi connectivity index (χ2v) is 1.71. The van der Waals surface area contributed by atoms with Gasteiger partial charge in [0.2, 0.25) is 0 Å². The van der Waals surface area contributed by atoms with E-state index >= 15 is 0 Å². The summed E-state index contributed by atoms with van der Waals surface area (Å²) in [5, 5.41) is 17.2. The van der Waals surface area contributed by atoms with Crippen LogP contribution in [0.5, 0.6) is 0 Å². The van der Waals surface area contributed by atoms with Crippen molar-refractivity contribution in [2.24, 2.45) is 5.73 Å². The van der Waals surface area contributed by atoms with Crippen molar-refractivity contribution in [1.82, 2.24) is 5.32 Å². The van der Waals surface area contributed by atoms with E-state index < -0.39 is 31.2 Å². The number of hydrogen-bond donors (Lipinski definition) is 4. The summed E-state index contributed by atoms with van der Waals surface area (Å²) in [6.07, 6.45) is -0.601. The van der Waals surface area contributed by atoms with Crippen LogP contribution in [0.4, 0.5) is 0 Å². The van der Waals surface area contributed by atoms with Crippen molar-refractivity contribution < 1.29 is 14.0 Å². The minimum Gasteiger partial charge on any atom is -0.481 e. The topological polar surface area (TPSA) is 99.2 Å². The lowest BCUT2D eigenvalue weighted by Gasteiger charge is -2.09. The van der Waals surface area contributed by atoms with Gasteiger partial charge in [-0.2, -0.15) is 0 Å². The molecule has 5 heteroatoms. The van der Waals surface area contributed by atoms with Gasteiger partial charge < -0.3 is 16.2 Å². The van der Waals surface area contributed by atoms with Gasteiger partial charge in [0, 0.05) is 10.2 Å². The van der Waals surface area contributed by atoms with Crippen molar-refractivity contribution in [3.05, 3.63) is 0 Å². The molecule has 0 fully saturated rings. The van der Waals surface area contributed by atoms with E-state index in [9.17, 15) is 4.79 Å². The molecule has 58 valence electrons. The Morgan fingerprint density at radius 3 is 3.00 bits per heavy atom. The van der Waals surface area contributed by atoms with Gasteiger partial charge in [0.1, 0.15) is 0 Å². The molecule has 1 atom stereocenters. The minimum absolute atomic E-state index is 0.553. The smallest absolute Gasteiger partial charge is 0.305 e. The van der Waals surface area contributed by atoms with E-state index in [2.05, 4.69) is 5.32 Å². The maximum atomic E-state index is 10.2. The zero-order valence-electron chi connectivity index (χ0n) is 8.22. The van der Waals surface area contributed by atoms with E-state index in [4.69, 9.17) is 20.4 Å². The molecule has 0 heterocycles. The maximum Gasteiger partial charge on any atom is 0.305 e. The number of guanidine groups is 1. The van der Waals surface area contributed by atoms with Crippen LogP contribution >= 0.6 is 0 Å². The van der Waals surface area contributed by atoms with Gasteiger partial charge in [-0.3, -0.25) is 10.2 Å². The van der Waals surface area contributed by atoms with E-state index in [1.54, 1.807) is 0 Å². The highest BCUT2D eigenvalue weighted by atomic mass is 16.4. The fourth-order valence-corrected chi connectivity index (χ4v) is 0.413. The number of nitrogens with one attached hydrogen (secondary N) is 2. The average Bonchev–Trinajstić information content (AvgIpc) is 1.81. The van der Waals surface area contributed by atoms with Crippen LogP contribution in [-0.2, 0) is 4.79 Å². The van der Waals surface area contributed by atoms with Crippen LogP contribution in [0.3, 0.4) is 0 Å². The molecule has 0 saturated heterocycles. The van der Waals surface area contributed by atoms with Gasteiger partial charge in [-0.05, 0) is 6.85 Å². The summed E-state index contributed by atoms with van der Waals surface area (Å²) in [5.41, 5.74) is 4.89. The van der Waals surface area contributed by atoms with Crippen LogP contribution in [0.25, 0.3) is 0 Å². The molecule has 0 saturated carbocycles. The van der Waals surface area contributed by atoms with Gasteiger partial charge in [0.05, 0.1) is 6.42 Å². The van der Waals surface area contributed by atoms with Crippen molar-refractivity contribution >= 4 is 11.9 Å². The largest absolute Gasteiger partial charge is 0.481 e. The quantitative estimate of drug-likeness (QED) is 0.315. The maximum absolute atomic E-state index is 10.2. The Bertz CT molecular complexity index is 200. The minimum atomic E-state index is -2.48. The molecule has 0 rings (SSSR count). The summed E-state index contributed by atoms with van der Waals surface area (Å²) in [6.45, 7) is -2.48. The molecule has 0 aromatic carbocycles. The highest BCUT2D eigenvalue weighted by Gasteiger charge is 2.05. The van der Waals surface area contributed by atoms with E-state index in [0.717, 1.165) is 0 Å². The van der Waals surface area contributed by atoms with Gasteiger partial charge in [-0.1, -0.05) is 0 Å². The second-order valence-electron chi connectivity index (χ2n) is 1.71. The summed E-state index contributed by atoms with van der Waals surface area (Å²) in [4.78, 5) is 10.2. The average molecular weight is 148 g/mol. The van der Waals surface area contributed by atoms with Gasteiger partial charge in [-0.15, -0.1) is 0 Å². The fraction of sp³-hybridized carbons (Fsp3) is 0.600. The van der Waals surface area contributed by atoms with Crippen molar-refractivity contribution in [2.45, 2.75) is 19.3 Å². The predicted octanol–water partition coefficient (Wildman–Crippen LogP) is -0.667. The Morgan fingerprint density at radius 2 is 2.70 bits per heavy atom. The van der Waals surface area contributed by atoms with Gasteiger partial charge in [-0.25, -0.2) is 0 Å². The van der Waals surface area contributed by atoms with E-state index in [0.29, 0.717) is 0 Å². The standard InChI is InChI=1S/C5H11N3O2/c1-3(2-4(9)10)8-5(6)7/h3H,2H2,1H3,(H,9,10)(H4,6,7,8)/t3-/m0/s1/i1D3. The first-order valence-electron chi connectivity index (χ1n) is 4.06. The number of hydrogen-bond acceptors (Lipinski definition) is 2. The van der Waals surface area contributed by atoms with Gasteiger partial charge in [0.15, 0.2) is 5.96 Å². The van der Waals surface area contributed by atoms with E-state index in [1.165, 1.54) is 0 Å². The predicted molar refractivity (Wildman–Crippen MR) is 36.8 cm³/mol. The molecule has 0 aromatic rings. The lowest BCUT2D eigenvalue weighted by atomic mass is 10.2. The summed E-state index contributed by atoms with van der Waals surface area (Å²) in [6, 6.07) is -1.32. The molecule has 0 unspecified atom stereocenters. The molecular formula is C5H11N3O2. The summed E-state index contributed by atoms with van der Waals surface area (Å²) < 4.78 is 20.8. The number of carbonyl (C=O) groups is 1. The lowest BCUT2D eigenvalue weighted by Crippen LogP contribution is -2.38. The number of aliphatic carboxylic acids is 1. The van der Waals surface area contributed by atoms with Crippen molar-refractivity contribution in [1.29, 1.82) is 5.41 Å². The van der Waals surface area contributed by atoms with Crippen molar-refractivity contribution in [3.63, 3.8) is 0 Å². The highest BCUT2D eigenvalue weighted by Crippen LogP contribution is 1.87. The zero-order valence-corrected chi connectivity index (χ0v) is 5.22. The molecule has 0 radical (unpaired) electrons. The Morgan fingerprint density at radius 1 is 2.10 bits per heavy atom. The number of nitrogens with two attached hydrogens (primary N) is 1. The summed E-state index contributed by atoms with van der Waals surface area (Å²) in [5.74, 6) is -1.81. The SMILES string of the molecule is [2H]C([2H])([2H])[C@@H](CC(=O)O)NC(=N)N. The third kappa shape index (κ3) is 4.89. The first kappa shape index (κ1) is 4.54. The van der Waals surface area contributed by atoms with E-state index in [-0.39, 0.29) is 0 Å². The first-order valence-corrected chi connectivity index (χ1v) is 2.56. The Labute approximate surface area is 62.9 Å². The van der Waals surface area contributed by atoms with Crippen LogP contribution in [-0.4, -0.2) is 23.1 Å². The molecule has 0 amide bonds. The molecule has 0 aromatic heterocycles.